The molecule has 0 spiro atoms. The van der Waals surface area contributed by atoms with Gasteiger partial charge in [0.15, 0.2) is 6.10 Å². The molecule has 2 aromatic carbocycles. The van der Waals surface area contributed by atoms with Crippen LogP contribution in [-0.2, 0) is 9.47 Å². The van der Waals surface area contributed by atoms with E-state index in [-0.39, 0.29) is 31.0 Å². The molecule has 3 saturated heterocycles. The summed E-state index contributed by atoms with van der Waals surface area (Å²) in [5, 5.41) is 20.0. The average Bonchev–Trinajstić information content (AvgIpc) is 3.42. The molecule has 0 radical (unpaired) electrons. The number of aliphatic hydroxyl groups is 2. The van der Waals surface area contributed by atoms with Crippen LogP contribution >= 0.6 is 11.6 Å². The van der Waals surface area contributed by atoms with Crippen molar-refractivity contribution in [1.29, 1.82) is 0 Å². The minimum atomic E-state index is -0.617. The molecule has 0 unspecified atom stereocenters. The third-order valence-corrected chi connectivity index (χ3v) is 6.51. The Bertz CT molecular complexity index is 1110. The van der Waals surface area contributed by atoms with E-state index in [1.807, 2.05) is 36.4 Å². The normalized spacial score (nSPS) is 28.2. The molecule has 4 atom stereocenters. The van der Waals surface area contributed by atoms with E-state index in [1.54, 1.807) is 0 Å². The summed E-state index contributed by atoms with van der Waals surface area (Å²) in [4.78, 5) is 9.85. The summed E-state index contributed by atoms with van der Waals surface area (Å²) < 4.78 is 17.2. The Balaban J connectivity index is 1.23. The molecule has 4 heterocycles. The van der Waals surface area contributed by atoms with Gasteiger partial charge in [0.05, 0.1) is 35.4 Å². The second-order valence-corrected chi connectivity index (χ2v) is 8.72. The summed E-state index contributed by atoms with van der Waals surface area (Å²) >= 11 is 6.57. The number of H-pyrrole nitrogens is 1. The number of β-amino-alcohol motifs (C(OH)–C–C–N with tert-alkyl or cyclic N) is 1. The third-order valence-electron chi connectivity index (χ3n) is 6.20. The number of benzene rings is 2. The van der Waals surface area contributed by atoms with E-state index in [0.29, 0.717) is 30.7 Å². The zero-order valence-corrected chi connectivity index (χ0v) is 17.3. The summed E-state index contributed by atoms with van der Waals surface area (Å²) in [5.74, 6) is 0. The van der Waals surface area contributed by atoms with Gasteiger partial charge in [-0.05, 0) is 29.8 Å². The third kappa shape index (κ3) is 3.35. The van der Waals surface area contributed by atoms with Crippen molar-refractivity contribution in [1.82, 2.24) is 9.97 Å². The fraction of sp³-hybridized carbons (Fsp3) is 0.409. The number of nitrogens with zero attached hydrogens (tertiary/aromatic N) is 2. The van der Waals surface area contributed by atoms with Gasteiger partial charge in [-0.15, -0.1) is 0 Å². The molecule has 1 aromatic heterocycles. The van der Waals surface area contributed by atoms with Crippen LogP contribution in [0.4, 0.5) is 5.69 Å². The minimum Gasteiger partial charge on any atom is -0.456 e. The predicted molar refractivity (Wildman–Crippen MR) is 115 cm³/mol. The molecule has 0 amide bonds. The van der Waals surface area contributed by atoms with Gasteiger partial charge in [-0.3, -0.25) is 0 Å². The van der Waals surface area contributed by atoms with Crippen LogP contribution in [-0.4, -0.2) is 77.0 Å². The summed E-state index contributed by atoms with van der Waals surface area (Å²) in [6.45, 7) is 1.93. The molecule has 0 saturated carbocycles. The number of nitrogens with one attached hydrogen (secondary N) is 1. The smallest absolute Gasteiger partial charge is 0.295 e. The quantitative estimate of drug-likeness (QED) is 0.566. The first-order valence-corrected chi connectivity index (χ1v) is 10.7. The van der Waals surface area contributed by atoms with E-state index >= 15 is 0 Å². The molecule has 3 aliphatic heterocycles. The number of imidazole rings is 1. The van der Waals surface area contributed by atoms with Crippen LogP contribution in [0, 0.1) is 0 Å². The van der Waals surface area contributed by atoms with Crippen molar-refractivity contribution in [3.63, 3.8) is 0 Å². The molecular formula is C22H22ClN3O5. The maximum atomic E-state index is 9.89. The lowest BCUT2D eigenvalue weighted by Gasteiger charge is -2.37. The van der Waals surface area contributed by atoms with Gasteiger partial charge in [0, 0.05) is 24.3 Å². The first-order valence-electron chi connectivity index (χ1n) is 10.4. The zero-order chi connectivity index (χ0) is 21.1. The van der Waals surface area contributed by atoms with E-state index in [4.69, 9.17) is 25.8 Å². The first-order chi connectivity index (χ1) is 15.0. The summed E-state index contributed by atoms with van der Waals surface area (Å²) in [6, 6.07) is 12.3. The van der Waals surface area contributed by atoms with Crippen LogP contribution in [0.3, 0.4) is 0 Å². The van der Waals surface area contributed by atoms with Crippen LogP contribution < -0.4 is 9.64 Å². The average molecular weight is 444 g/mol. The number of rotatable bonds is 4. The molecule has 3 fully saturated rings. The molecule has 0 aliphatic carbocycles. The van der Waals surface area contributed by atoms with Crippen molar-refractivity contribution in [3.8, 4) is 17.1 Å². The number of aliphatic hydroxyl groups excluding tert-OH is 2. The number of hydrogen-bond donors (Lipinski definition) is 3. The summed E-state index contributed by atoms with van der Waals surface area (Å²) in [5.41, 5.74) is 4.47. The largest absolute Gasteiger partial charge is 0.456 e. The van der Waals surface area contributed by atoms with E-state index in [0.717, 1.165) is 27.8 Å². The molecule has 0 bridgehead atoms. The SMILES string of the molecule is OC1CN(c2ccc(-c3cc4nc(O[C@@H]5CO[C@H]6[C@@H]5OC[C@H]6O)[nH]c4cc3Cl)cc2)C1. The standard InChI is InChI=1S/C22H22ClN3O5/c23-15-6-17-16(5-14(15)11-1-3-12(4-2-11)26-7-13(27)8-26)24-22(25-17)31-19-10-30-20-18(28)9-29-21(19)20/h1-6,13,18-21,27-28H,7-10H2,(H,24,25)/t18-,19-,20-,21-/m1/s1. The fourth-order valence-corrected chi connectivity index (χ4v) is 4.76. The Morgan fingerprint density at radius 1 is 1.06 bits per heavy atom. The van der Waals surface area contributed by atoms with Crippen LogP contribution in [0.15, 0.2) is 36.4 Å². The maximum Gasteiger partial charge on any atom is 0.295 e. The lowest BCUT2D eigenvalue weighted by Crippen LogP contribution is -2.50. The van der Waals surface area contributed by atoms with Crippen molar-refractivity contribution < 1.29 is 24.4 Å². The molecule has 8 nitrogen and oxygen atoms in total. The molecule has 3 N–H and O–H groups in total. The van der Waals surface area contributed by atoms with Gasteiger partial charge in [0.2, 0.25) is 0 Å². The molecule has 3 aliphatic rings. The number of ether oxygens (including phenoxy) is 3. The van der Waals surface area contributed by atoms with Crippen molar-refractivity contribution in [2.24, 2.45) is 0 Å². The maximum absolute atomic E-state index is 9.89. The first kappa shape index (κ1) is 19.3. The monoisotopic (exact) mass is 443 g/mol. The fourth-order valence-electron chi connectivity index (χ4n) is 4.49. The second-order valence-electron chi connectivity index (χ2n) is 8.32. The molecule has 31 heavy (non-hydrogen) atoms. The molecular weight excluding hydrogens is 422 g/mol. The Labute approximate surface area is 183 Å². The van der Waals surface area contributed by atoms with Gasteiger partial charge < -0.3 is 34.3 Å². The van der Waals surface area contributed by atoms with E-state index in [1.165, 1.54) is 0 Å². The topological polar surface area (TPSA) is 100 Å². The Morgan fingerprint density at radius 2 is 1.84 bits per heavy atom. The molecule has 3 aromatic rings. The zero-order valence-electron chi connectivity index (χ0n) is 16.6. The highest BCUT2D eigenvalue weighted by Gasteiger charge is 2.48. The van der Waals surface area contributed by atoms with Crippen molar-refractivity contribution in [2.45, 2.75) is 30.5 Å². The van der Waals surface area contributed by atoms with Crippen molar-refractivity contribution >= 4 is 28.3 Å². The highest BCUT2D eigenvalue weighted by Crippen LogP contribution is 2.35. The van der Waals surface area contributed by atoms with Crippen LogP contribution in [0.5, 0.6) is 6.01 Å². The number of hydrogen-bond acceptors (Lipinski definition) is 7. The Morgan fingerprint density at radius 3 is 2.61 bits per heavy atom. The number of anilines is 1. The van der Waals surface area contributed by atoms with Crippen molar-refractivity contribution in [2.75, 3.05) is 31.2 Å². The van der Waals surface area contributed by atoms with Crippen LogP contribution in [0.25, 0.3) is 22.2 Å². The van der Waals surface area contributed by atoms with Gasteiger partial charge in [-0.2, -0.15) is 4.98 Å². The molecule has 6 rings (SSSR count). The molecule has 162 valence electrons. The second kappa shape index (κ2) is 7.36. The summed E-state index contributed by atoms with van der Waals surface area (Å²) in [7, 11) is 0. The number of aromatic amines is 1. The van der Waals surface area contributed by atoms with Gasteiger partial charge in [-0.25, -0.2) is 0 Å². The minimum absolute atomic E-state index is 0.236. The van der Waals surface area contributed by atoms with Crippen LogP contribution in [0.1, 0.15) is 0 Å². The van der Waals surface area contributed by atoms with Crippen LogP contribution in [0.2, 0.25) is 5.02 Å². The lowest BCUT2D eigenvalue weighted by atomic mass is 10.0. The summed E-state index contributed by atoms with van der Waals surface area (Å²) in [6.07, 6.45) is -1.83. The molecule has 9 heteroatoms. The highest BCUT2D eigenvalue weighted by atomic mass is 35.5. The number of aromatic nitrogens is 2. The van der Waals surface area contributed by atoms with E-state index in [9.17, 15) is 10.2 Å². The van der Waals surface area contributed by atoms with Gasteiger partial charge in [-0.1, -0.05) is 23.7 Å². The van der Waals surface area contributed by atoms with E-state index in [2.05, 4.69) is 14.9 Å². The lowest BCUT2D eigenvalue weighted by molar-refractivity contribution is 0.00706. The predicted octanol–water partition coefficient (Wildman–Crippen LogP) is 1.97. The van der Waals surface area contributed by atoms with Gasteiger partial charge in [0.1, 0.15) is 18.3 Å². The van der Waals surface area contributed by atoms with E-state index < -0.39 is 6.10 Å². The Hall–Kier alpha value is -2.36. The van der Waals surface area contributed by atoms with Gasteiger partial charge >= 0.3 is 0 Å². The van der Waals surface area contributed by atoms with Crippen molar-refractivity contribution in [3.05, 3.63) is 41.4 Å². The van der Waals surface area contributed by atoms with Gasteiger partial charge in [0.25, 0.3) is 6.01 Å². The Kier molecular flexibility index (Phi) is 4.59. The number of halogens is 1. The number of fused-ring (bicyclic) bond motifs is 2. The highest BCUT2D eigenvalue weighted by molar-refractivity contribution is 6.34.